The molecule has 1 fully saturated rings. The van der Waals surface area contributed by atoms with Crippen LogP contribution < -0.4 is 5.73 Å². The monoisotopic (exact) mass is 379 g/mol. The maximum atomic E-state index is 13.2. The summed E-state index contributed by atoms with van der Waals surface area (Å²) in [6, 6.07) is 15.0. The minimum atomic E-state index is 0.0412. The molecular formula is C23H29N3O2. The van der Waals surface area contributed by atoms with Crippen LogP contribution >= 0.6 is 0 Å². The van der Waals surface area contributed by atoms with E-state index in [1.54, 1.807) is 6.07 Å². The standard InChI is InChI=1S/C23H29N3O2/c1-3-13-26(23(28)21-16-19(24)10-9-17(21)2)20-11-14-25(15-12-20)22(27)18-7-5-4-6-8-18/h4-10,16,20H,3,11-15,24H2,1-2H3. The Balaban J connectivity index is 1.70. The number of rotatable bonds is 5. The second-order valence-corrected chi connectivity index (χ2v) is 7.46. The summed E-state index contributed by atoms with van der Waals surface area (Å²) in [6.07, 6.45) is 2.49. The van der Waals surface area contributed by atoms with E-state index in [-0.39, 0.29) is 17.9 Å². The van der Waals surface area contributed by atoms with Gasteiger partial charge in [0.15, 0.2) is 0 Å². The van der Waals surface area contributed by atoms with Crippen molar-refractivity contribution in [2.45, 2.75) is 39.2 Å². The number of hydrogen-bond donors (Lipinski definition) is 1. The van der Waals surface area contributed by atoms with Crippen LogP contribution in [0.5, 0.6) is 0 Å². The molecule has 5 nitrogen and oxygen atoms in total. The summed E-state index contributed by atoms with van der Waals surface area (Å²) in [5, 5.41) is 0. The molecule has 0 radical (unpaired) electrons. The highest BCUT2D eigenvalue weighted by molar-refractivity contribution is 5.97. The maximum absolute atomic E-state index is 13.2. The van der Waals surface area contributed by atoms with E-state index < -0.39 is 0 Å². The predicted octanol–water partition coefficient (Wildman–Crippen LogP) is 3.73. The highest BCUT2D eigenvalue weighted by atomic mass is 16.2. The van der Waals surface area contributed by atoms with E-state index in [2.05, 4.69) is 6.92 Å². The number of nitrogens with zero attached hydrogens (tertiary/aromatic N) is 2. The van der Waals surface area contributed by atoms with Crippen LogP contribution in [-0.4, -0.2) is 47.3 Å². The molecule has 0 aliphatic carbocycles. The molecule has 0 bridgehead atoms. The fourth-order valence-electron chi connectivity index (χ4n) is 3.86. The number of likely N-dealkylation sites (tertiary alicyclic amines) is 1. The number of anilines is 1. The Morgan fingerprint density at radius 1 is 1.11 bits per heavy atom. The van der Waals surface area contributed by atoms with Crippen LogP contribution in [0.25, 0.3) is 0 Å². The van der Waals surface area contributed by atoms with Crippen LogP contribution in [0.1, 0.15) is 52.5 Å². The molecule has 0 unspecified atom stereocenters. The van der Waals surface area contributed by atoms with Gasteiger partial charge >= 0.3 is 0 Å². The largest absolute Gasteiger partial charge is 0.399 e. The first-order valence-electron chi connectivity index (χ1n) is 10.0. The molecule has 2 amide bonds. The minimum absolute atomic E-state index is 0.0412. The first kappa shape index (κ1) is 19.9. The van der Waals surface area contributed by atoms with Crippen molar-refractivity contribution in [2.24, 2.45) is 0 Å². The molecule has 0 spiro atoms. The Labute approximate surface area is 167 Å². The molecule has 1 saturated heterocycles. The van der Waals surface area contributed by atoms with E-state index in [1.807, 2.05) is 59.2 Å². The number of piperidine rings is 1. The number of aryl methyl sites for hydroxylation is 1. The van der Waals surface area contributed by atoms with Gasteiger partial charge in [0, 0.05) is 42.5 Å². The second kappa shape index (κ2) is 8.91. The highest BCUT2D eigenvalue weighted by Gasteiger charge is 2.30. The van der Waals surface area contributed by atoms with Gasteiger partial charge in [-0.3, -0.25) is 9.59 Å². The zero-order chi connectivity index (χ0) is 20.1. The van der Waals surface area contributed by atoms with Crippen molar-refractivity contribution in [1.82, 2.24) is 9.80 Å². The van der Waals surface area contributed by atoms with Gasteiger partial charge in [0.1, 0.15) is 0 Å². The Kier molecular flexibility index (Phi) is 6.34. The average molecular weight is 380 g/mol. The third-order valence-corrected chi connectivity index (χ3v) is 5.43. The van der Waals surface area contributed by atoms with Crippen molar-refractivity contribution in [3.63, 3.8) is 0 Å². The molecule has 0 saturated carbocycles. The lowest BCUT2D eigenvalue weighted by Gasteiger charge is -2.39. The number of amides is 2. The summed E-state index contributed by atoms with van der Waals surface area (Å²) in [6.45, 7) is 6.08. The zero-order valence-electron chi connectivity index (χ0n) is 16.7. The van der Waals surface area contributed by atoms with Crippen molar-refractivity contribution in [2.75, 3.05) is 25.4 Å². The number of carbonyl (C=O) groups excluding carboxylic acids is 2. The van der Waals surface area contributed by atoms with Crippen LogP contribution in [0.2, 0.25) is 0 Å². The van der Waals surface area contributed by atoms with Gasteiger partial charge in [-0.1, -0.05) is 31.2 Å². The van der Waals surface area contributed by atoms with Crippen LogP contribution in [0.15, 0.2) is 48.5 Å². The van der Waals surface area contributed by atoms with Gasteiger partial charge in [-0.25, -0.2) is 0 Å². The summed E-state index contributed by atoms with van der Waals surface area (Å²) in [4.78, 5) is 29.8. The molecule has 5 heteroatoms. The Morgan fingerprint density at radius 2 is 1.79 bits per heavy atom. The van der Waals surface area contributed by atoms with Gasteiger partial charge < -0.3 is 15.5 Å². The maximum Gasteiger partial charge on any atom is 0.254 e. The number of carbonyl (C=O) groups is 2. The van der Waals surface area contributed by atoms with E-state index in [9.17, 15) is 9.59 Å². The van der Waals surface area contributed by atoms with Crippen molar-refractivity contribution in [3.05, 3.63) is 65.2 Å². The smallest absolute Gasteiger partial charge is 0.254 e. The topological polar surface area (TPSA) is 66.6 Å². The Hall–Kier alpha value is -2.82. The Morgan fingerprint density at radius 3 is 2.43 bits per heavy atom. The molecule has 1 heterocycles. The minimum Gasteiger partial charge on any atom is -0.399 e. The lowest BCUT2D eigenvalue weighted by atomic mass is 9.99. The second-order valence-electron chi connectivity index (χ2n) is 7.46. The molecule has 1 aliphatic rings. The normalized spacial score (nSPS) is 14.7. The SMILES string of the molecule is CCCN(C(=O)c1cc(N)ccc1C)C1CCN(C(=O)c2ccccc2)CC1. The van der Waals surface area contributed by atoms with Gasteiger partial charge in [-0.15, -0.1) is 0 Å². The highest BCUT2D eigenvalue weighted by Crippen LogP contribution is 2.23. The van der Waals surface area contributed by atoms with E-state index >= 15 is 0 Å². The van der Waals surface area contributed by atoms with E-state index in [0.717, 1.165) is 30.4 Å². The van der Waals surface area contributed by atoms with Crippen LogP contribution in [0, 0.1) is 6.92 Å². The first-order chi connectivity index (χ1) is 13.5. The molecule has 28 heavy (non-hydrogen) atoms. The number of nitrogen functional groups attached to an aromatic ring is 1. The van der Waals surface area contributed by atoms with E-state index in [4.69, 9.17) is 5.73 Å². The lowest BCUT2D eigenvalue weighted by Crippen LogP contribution is -2.49. The predicted molar refractivity (Wildman–Crippen MR) is 112 cm³/mol. The quantitative estimate of drug-likeness (QED) is 0.805. The number of benzene rings is 2. The van der Waals surface area contributed by atoms with Crippen molar-refractivity contribution < 1.29 is 9.59 Å². The van der Waals surface area contributed by atoms with Gasteiger partial charge in [-0.2, -0.15) is 0 Å². The molecule has 2 N–H and O–H groups in total. The third-order valence-electron chi connectivity index (χ3n) is 5.43. The molecule has 0 atom stereocenters. The third kappa shape index (κ3) is 4.35. The van der Waals surface area contributed by atoms with Crippen LogP contribution in [-0.2, 0) is 0 Å². The first-order valence-corrected chi connectivity index (χ1v) is 10.0. The number of hydrogen-bond acceptors (Lipinski definition) is 3. The molecule has 2 aromatic carbocycles. The molecule has 3 rings (SSSR count). The fourth-order valence-corrected chi connectivity index (χ4v) is 3.86. The molecule has 2 aromatic rings. The van der Waals surface area contributed by atoms with Crippen molar-refractivity contribution in [1.29, 1.82) is 0 Å². The lowest BCUT2D eigenvalue weighted by molar-refractivity contribution is 0.0519. The average Bonchev–Trinajstić information content (AvgIpc) is 2.73. The summed E-state index contributed by atoms with van der Waals surface area (Å²) in [5.74, 6) is 0.110. The van der Waals surface area contributed by atoms with Gasteiger partial charge in [0.05, 0.1) is 0 Å². The van der Waals surface area contributed by atoms with Gasteiger partial charge in [0.25, 0.3) is 11.8 Å². The van der Waals surface area contributed by atoms with E-state index in [1.165, 1.54) is 0 Å². The Bertz CT molecular complexity index is 827. The van der Waals surface area contributed by atoms with Crippen LogP contribution in [0.4, 0.5) is 5.69 Å². The van der Waals surface area contributed by atoms with Crippen molar-refractivity contribution >= 4 is 17.5 Å². The summed E-state index contributed by atoms with van der Waals surface area (Å²) < 4.78 is 0. The van der Waals surface area contributed by atoms with E-state index in [0.29, 0.717) is 30.9 Å². The number of nitrogens with two attached hydrogens (primary N) is 1. The molecule has 0 aromatic heterocycles. The summed E-state index contributed by atoms with van der Waals surface area (Å²) >= 11 is 0. The molecular weight excluding hydrogens is 350 g/mol. The summed E-state index contributed by atoms with van der Waals surface area (Å²) in [5.41, 5.74) is 8.85. The zero-order valence-corrected chi connectivity index (χ0v) is 16.7. The van der Waals surface area contributed by atoms with Gasteiger partial charge in [-0.05, 0) is 56.0 Å². The van der Waals surface area contributed by atoms with Crippen LogP contribution in [0.3, 0.4) is 0 Å². The fraction of sp³-hybridized carbons (Fsp3) is 0.391. The summed E-state index contributed by atoms with van der Waals surface area (Å²) in [7, 11) is 0. The van der Waals surface area contributed by atoms with Crippen molar-refractivity contribution in [3.8, 4) is 0 Å². The molecule has 1 aliphatic heterocycles. The van der Waals surface area contributed by atoms with Gasteiger partial charge in [0.2, 0.25) is 0 Å². The molecule has 148 valence electrons.